The molecule has 0 amide bonds. The van der Waals surface area contributed by atoms with Crippen LogP contribution in [-0.4, -0.2) is 20.6 Å². The Morgan fingerprint density at radius 2 is 2.06 bits per heavy atom. The Hall–Kier alpha value is -1.67. The number of hydrogen-bond acceptors (Lipinski definition) is 2. The van der Waals surface area contributed by atoms with Crippen LogP contribution in [0.25, 0.3) is 0 Å². The van der Waals surface area contributed by atoms with Gasteiger partial charge in [0.15, 0.2) is 0 Å². The quantitative estimate of drug-likeness (QED) is 0.841. The topological polar surface area (TPSA) is 55.1 Å². The zero-order valence-electron chi connectivity index (χ0n) is 9.37. The first kappa shape index (κ1) is 11.8. The van der Waals surface area contributed by atoms with Gasteiger partial charge >= 0.3 is 5.97 Å². The predicted molar refractivity (Wildman–Crippen MR) is 68.8 cm³/mol. The first-order valence-corrected chi connectivity index (χ1v) is 5.80. The molecule has 5 heteroatoms. The average Bonchev–Trinajstić information content (AvgIpc) is 2.71. The molecule has 0 saturated carbocycles. The van der Waals surface area contributed by atoms with Crippen LogP contribution in [0.15, 0.2) is 36.5 Å². The van der Waals surface area contributed by atoms with E-state index in [1.54, 1.807) is 4.57 Å². The van der Waals surface area contributed by atoms with Gasteiger partial charge in [0, 0.05) is 0 Å². The SMILES string of the molecule is CC(c1ccccc1)n1c(C(=O)O)cnc1P. The maximum absolute atomic E-state index is 11.1. The second-order valence-corrected chi connectivity index (χ2v) is 4.28. The molecule has 88 valence electrons. The van der Waals surface area contributed by atoms with E-state index in [0.717, 1.165) is 5.56 Å². The molecule has 0 radical (unpaired) electrons. The summed E-state index contributed by atoms with van der Waals surface area (Å²) in [6, 6.07) is 9.69. The van der Waals surface area contributed by atoms with Crippen molar-refractivity contribution in [1.29, 1.82) is 0 Å². The van der Waals surface area contributed by atoms with Crippen molar-refractivity contribution in [2.24, 2.45) is 0 Å². The summed E-state index contributed by atoms with van der Waals surface area (Å²) in [6.45, 7) is 1.96. The van der Waals surface area contributed by atoms with Gasteiger partial charge in [-0.15, -0.1) is 0 Å². The monoisotopic (exact) mass is 248 g/mol. The summed E-state index contributed by atoms with van der Waals surface area (Å²) in [5.74, 6) is -0.964. The Morgan fingerprint density at radius 3 is 2.65 bits per heavy atom. The molecule has 2 unspecified atom stereocenters. The number of carboxylic acid groups (broad SMARTS) is 1. The van der Waals surface area contributed by atoms with Crippen molar-refractivity contribution in [1.82, 2.24) is 9.55 Å². The predicted octanol–water partition coefficient (Wildman–Crippen LogP) is 1.69. The van der Waals surface area contributed by atoms with Crippen molar-refractivity contribution in [2.75, 3.05) is 0 Å². The number of carboxylic acids is 1. The van der Waals surface area contributed by atoms with E-state index in [9.17, 15) is 4.79 Å². The number of benzene rings is 1. The van der Waals surface area contributed by atoms with Gasteiger partial charge in [0.1, 0.15) is 11.3 Å². The van der Waals surface area contributed by atoms with Gasteiger partial charge in [0.25, 0.3) is 0 Å². The molecule has 0 aliphatic carbocycles. The summed E-state index contributed by atoms with van der Waals surface area (Å²) < 4.78 is 1.70. The molecule has 2 aromatic rings. The van der Waals surface area contributed by atoms with Crippen molar-refractivity contribution in [3.8, 4) is 0 Å². The van der Waals surface area contributed by atoms with Crippen LogP contribution in [0.5, 0.6) is 0 Å². The van der Waals surface area contributed by atoms with E-state index in [-0.39, 0.29) is 11.7 Å². The van der Waals surface area contributed by atoms with Gasteiger partial charge in [-0.05, 0) is 12.5 Å². The van der Waals surface area contributed by atoms with Crippen molar-refractivity contribution in [3.05, 3.63) is 47.8 Å². The molecule has 2 atom stereocenters. The largest absolute Gasteiger partial charge is 0.477 e. The highest BCUT2D eigenvalue weighted by Gasteiger charge is 2.18. The summed E-state index contributed by atoms with van der Waals surface area (Å²) in [5.41, 5.74) is 1.88. The van der Waals surface area contributed by atoms with E-state index >= 15 is 0 Å². The fraction of sp³-hybridized carbons (Fsp3) is 0.167. The van der Waals surface area contributed by atoms with Crippen LogP contribution in [-0.2, 0) is 0 Å². The van der Waals surface area contributed by atoms with Crippen LogP contribution >= 0.6 is 9.24 Å². The van der Waals surface area contributed by atoms with Crippen LogP contribution in [0.3, 0.4) is 0 Å². The second kappa shape index (κ2) is 4.68. The molecule has 0 bridgehead atoms. The van der Waals surface area contributed by atoms with Crippen molar-refractivity contribution >= 4 is 20.8 Å². The van der Waals surface area contributed by atoms with Crippen LogP contribution < -0.4 is 5.57 Å². The number of aromatic carboxylic acids is 1. The minimum atomic E-state index is -0.964. The Labute approximate surface area is 102 Å². The zero-order valence-corrected chi connectivity index (χ0v) is 10.5. The fourth-order valence-electron chi connectivity index (χ4n) is 1.82. The molecule has 0 fully saturated rings. The highest BCUT2D eigenvalue weighted by atomic mass is 31.0. The number of rotatable bonds is 3. The maximum Gasteiger partial charge on any atom is 0.354 e. The smallest absolute Gasteiger partial charge is 0.354 e. The lowest BCUT2D eigenvalue weighted by Crippen LogP contribution is -2.21. The van der Waals surface area contributed by atoms with Crippen LogP contribution in [0.4, 0.5) is 0 Å². The molecule has 1 aromatic carbocycles. The minimum absolute atomic E-state index is 0.0581. The lowest BCUT2D eigenvalue weighted by Gasteiger charge is -2.17. The molecule has 0 saturated heterocycles. The minimum Gasteiger partial charge on any atom is -0.477 e. The summed E-state index contributed by atoms with van der Waals surface area (Å²) in [5, 5.41) is 9.10. The molecule has 17 heavy (non-hydrogen) atoms. The van der Waals surface area contributed by atoms with E-state index in [1.807, 2.05) is 37.3 Å². The molecule has 0 aliphatic heterocycles. The lowest BCUT2D eigenvalue weighted by molar-refractivity contribution is 0.0684. The number of aromatic nitrogens is 2. The van der Waals surface area contributed by atoms with Gasteiger partial charge < -0.3 is 9.67 Å². The second-order valence-electron chi connectivity index (χ2n) is 3.76. The van der Waals surface area contributed by atoms with E-state index in [2.05, 4.69) is 14.2 Å². The van der Waals surface area contributed by atoms with Gasteiger partial charge in [0.05, 0.1) is 12.2 Å². The molecule has 0 spiro atoms. The van der Waals surface area contributed by atoms with Crippen molar-refractivity contribution in [3.63, 3.8) is 0 Å². The number of hydrogen-bond donors (Lipinski definition) is 1. The fourth-order valence-corrected chi connectivity index (χ4v) is 2.26. The molecule has 4 nitrogen and oxygen atoms in total. The van der Waals surface area contributed by atoms with Gasteiger partial charge in [-0.1, -0.05) is 39.6 Å². The van der Waals surface area contributed by atoms with Crippen LogP contribution in [0, 0.1) is 0 Å². The van der Waals surface area contributed by atoms with Crippen molar-refractivity contribution < 1.29 is 9.90 Å². The molecule has 2 rings (SSSR count). The number of nitrogens with zero attached hydrogens (tertiary/aromatic N) is 2. The average molecular weight is 248 g/mol. The Kier molecular flexibility index (Phi) is 3.25. The summed E-state index contributed by atoms with van der Waals surface area (Å²) in [7, 11) is 2.46. The number of carbonyl (C=O) groups is 1. The Morgan fingerprint density at radius 1 is 1.41 bits per heavy atom. The standard InChI is InChI=1S/C12H13N2O2P/c1-8(9-5-3-2-4-6-9)14-10(11(15)16)7-13-12(14)17/h2-8H,17H2,1H3,(H,15,16). The first-order chi connectivity index (χ1) is 8.11. The van der Waals surface area contributed by atoms with E-state index in [4.69, 9.17) is 5.11 Å². The lowest BCUT2D eigenvalue weighted by atomic mass is 10.1. The van der Waals surface area contributed by atoms with Gasteiger partial charge in [-0.3, -0.25) is 0 Å². The third-order valence-corrected chi connectivity index (χ3v) is 3.14. The summed E-state index contributed by atoms with van der Waals surface area (Å²) >= 11 is 0. The Balaban J connectivity index is 2.47. The zero-order chi connectivity index (χ0) is 12.4. The van der Waals surface area contributed by atoms with E-state index < -0.39 is 5.97 Å². The highest BCUT2D eigenvalue weighted by Crippen LogP contribution is 2.19. The molecular formula is C12H13N2O2P. The molecule has 1 N–H and O–H groups in total. The van der Waals surface area contributed by atoms with Crippen LogP contribution in [0.1, 0.15) is 29.0 Å². The maximum atomic E-state index is 11.1. The third kappa shape index (κ3) is 2.22. The van der Waals surface area contributed by atoms with Gasteiger partial charge in [-0.25, -0.2) is 9.78 Å². The highest BCUT2D eigenvalue weighted by molar-refractivity contribution is 7.26. The number of imidazole rings is 1. The molecule has 1 aromatic heterocycles. The summed E-state index contributed by atoms with van der Waals surface area (Å²) in [6.07, 6.45) is 1.38. The first-order valence-electron chi connectivity index (χ1n) is 5.22. The van der Waals surface area contributed by atoms with Gasteiger partial charge in [0.2, 0.25) is 0 Å². The molecule has 1 heterocycles. The molecular weight excluding hydrogens is 235 g/mol. The van der Waals surface area contributed by atoms with E-state index in [0.29, 0.717) is 5.57 Å². The van der Waals surface area contributed by atoms with E-state index in [1.165, 1.54) is 6.20 Å². The van der Waals surface area contributed by atoms with Crippen molar-refractivity contribution in [2.45, 2.75) is 13.0 Å². The molecule has 0 aliphatic rings. The Bertz CT molecular complexity index is 537. The normalized spacial score (nSPS) is 12.4. The third-order valence-electron chi connectivity index (χ3n) is 2.71. The summed E-state index contributed by atoms with van der Waals surface area (Å²) in [4.78, 5) is 15.1. The van der Waals surface area contributed by atoms with Crippen LogP contribution in [0.2, 0.25) is 0 Å². The van der Waals surface area contributed by atoms with Gasteiger partial charge in [-0.2, -0.15) is 0 Å².